The van der Waals surface area contributed by atoms with E-state index >= 15 is 4.39 Å². The number of nitrogens with zero attached hydrogens (tertiary/aromatic N) is 6. The molecule has 0 bridgehead atoms. The number of rotatable bonds is 6. The van der Waals surface area contributed by atoms with Crippen LogP contribution in [0.25, 0.3) is 11.6 Å². The molecule has 10 nitrogen and oxygen atoms in total. The number of fused-ring (bicyclic) bond motifs is 3. The molecule has 0 amide bonds. The van der Waals surface area contributed by atoms with Crippen LogP contribution in [0.1, 0.15) is 16.7 Å². The van der Waals surface area contributed by atoms with Gasteiger partial charge in [0.05, 0.1) is 24.1 Å². The van der Waals surface area contributed by atoms with Gasteiger partial charge in [0.25, 0.3) is 10.0 Å². The summed E-state index contributed by atoms with van der Waals surface area (Å²) in [5.41, 5.74) is 1.92. The maximum atomic E-state index is 16.0. The first-order chi connectivity index (χ1) is 19.1. The third-order valence-corrected chi connectivity index (χ3v) is 7.82. The quantitative estimate of drug-likeness (QED) is 0.358. The first-order valence-corrected chi connectivity index (χ1v) is 13.5. The fourth-order valence-electron chi connectivity index (χ4n) is 4.63. The standard InChI is InChI=1S/C26H21F3N8O2S/c1-14-3-6-20(35-40(38,39)21-10-16(27)4-5-19(21)28)23(29)22(14)18-9-15-11-31-26(33-17-12-32-36(2)13-17)34-24(15)37-8-7-30-25(18)37/h3-6,9-13,35H,7-8H2,1-2H3,(H,31,33,34). The van der Waals surface area contributed by atoms with Gasteiger partial charge in [0, 0.05) is 42.7 Å². The van der Waals surface area contributed by atoms with Crippen LogP contribution in [-0.4, -0.2) is 47.1 Å². The van der Waals surface area contributed by atoms with Crippen molar-refractivity contribution in [2.45, 2.75) is 11.8 Å². The monoisotopic (exact) mass is 566 g/mol. The molecule has 0 atom stereocenters. The summed E-state index contributed by atoms with van der Waals surface area (Å²) >= 11 is 0. The summed E-state index contributed by atoms with van der Waals surface area (Å²) in [6.45, 7) is 2.61. The molecule has 0 saturated heterocycles. The Morgan fingerprint density at radius 2 is 1.90 bits per heavy atom. The largest absolute Gasteiger partial charge is 0.321 e. The molecular weight excluding hydrogens is 545 g/mol. The van der Waals surface area contributed by atoms with Gasteiger partial charge in [0.15, 0.2) is 5.82 Å². The fourth-order valence-corrected chi connectivity index (χ4v) is 5.78. The summed E-state index contributed by atoms with van der Waals surface area (Å²) < 4.78 is 73.3. The Balaban J connectivity index is 1.40. The van der Waals surface area contributed by atoms with Crippen LogP contribution >= 0.6 is 0 Å². The third kappa shape index (κ3) is 4.45. The van der Waals surface area contributed by atoms with Crippen molar-refractivity contribution in [3.05, 3.63) is 83.1 Å². The second-order valence-corrected chi connectivity index (χ2v) is 10.9. The molecule has 204 valence electrons. The molecule has 6 rings (SSSR count). The van der Waals surface area contributed by atoms with Crippen LogP contribution in [0.3, 0.4) is 0 Å². The average Bonchev–Trinajstić information content (AvgIpc) is 3.57. The van der Waals surface area contributed by atoms with Gasteiger partial charge >= 0.3 is 0 Å². The van der Waals surface area contributed by atoms with Crippen molar-refractivity contribution in [3.63, 3.8) is 0 Å². The maximum absolute atomic E-state index is 16.0. The number of aliphatic imine (C=N–C) groups is 1. The van der Waals surface area contributed by atoms with Crippen molar-refractivity contribution in [1.29, 1.82) is 0 Å². The lowest BCUT2D eigenvalue weighted by Gasteiger charge is -2.28. The van der Waals surface area contributed by atoms with E-state index < -0.39 is 38.1 Å². The number of amidine groups is 1. The summed E-state index contributed by atoms with van der Waals surface area (Å²) in [6, 6.07) is 4.79. The van der Waals surface area contributed by atoms with Crippen molar-refractivity contribution < 1.29 is 21.6 Å². The summed E-state index contributed by atoms with van der Waals surface area (Å²) in [6.07, 6.45) is 6.71. The lowest BCUT2D eigenvalue weighted by atomic mass is 9.94. The lowest BCUT2D eigenvalue weighted by molar-refractivity contribution is 0.555. The molecular formula is C26H21F3N8O2S. The van der Waals surface area contributed by atoms with Crippen LogP contribution in [0.5, 0.6) is 0 Å². The maximum Gasteiger partial charge on any atom is 0.265 e. The molecule has 2 aliphatic heterocycles. The number of aryl methyl sites for hydroxylation is 2. The van der Waals surface area contributed by atoms with E-state index in [1.807, 2.05) is 4.90 Å². The van der Waals surface area contributed by atoms with Gasteiger partial charge in [-0.15, -0.1) is 0 Å². The van der Waals surface area contributed by atoms with Crippen molar-refractivity contribution in [3.8, 4) is 0 Å². The Bertz CT molecular complexity index is 1850. The van der Waals surface area contributed by atoms with Crippen molar-refractivity contribution in [2.24, 2.45) is 12.0 Å². The van der Waals surface area contributed by atoms with Crippen molar-refractivity contribution in [1.82, 2.24) is 19.7 Å². The van der Waals surface area contributed by atoms with Crippen LogP contribution in [0.4, 0.5) is 36.3 Å². The van der Waals surface area contributed by atoms with Crippen LogP contribution < -0.4 is 14.9 Å². The smallest absolute Gasteiger partial charge is 0.265 e. The summed E-state index contributed by atoms with van der Waals surface area (Å²) in [4.78, 5) is 14.5. The van der Waals surface area contributed by atoms with Crippen LogP contribution in [-0.2, 0) is 17.1 Å². The highest BCUT2D eigenvalue weighted by Gasteiger charge is 2.33. The summed E-state index contributed by atoms with van der Waals surface area (Å²) in [5.74, 6) is -1.60. The number of halogens is 3. The molecule has 2 aromatic carbocycles. The molecule has 0 fully saturated rings. The first-order valence-electron chi connectivity index (χ1n) is 12.0. The van der Waals surface area contributed by atoms with E-state index in [2.05, 4.69) is 30.1 Å². The van der Waals surface area contributed by atoms with E-state index in [1.165, 1.54) is 12.1 Å². The van der Waals surface area contributed by atoms with Gasteiger partial charge in [-0.05, 0) is 42.8 Å². The van der Waals surface area contributed by atoms with Crippen molar-refractivity contribution >= 4 is 50.6 Å². The predicted octanol–water partition coefficient (Wildman–Crippen LogP) is 4.25. The highest BCUT2D eigenvalue weighted by atomic mass is 32.2. The third-order valence-electron chi connectivity index (χ3n) is 6.44. The minimum absolute atomic E-state index is 0.105. The molecule has 2 aromatic heterocycles. The molecule has 2 aliphatic rings. The summed E-state index contributed by atoms with van der Waals surface area (Å²) in [5, 5.41) is 7.21. The van der Waals surface area contributed by atoms with Crippen LogP contribution in [0.2, 0.25) is 0 Å². The van der Waals surface area contributed by atoms with Crippen LogP contribution in [0, 0.1) is 24.4 Å². The number of anilines is 4. The number of aromatic nitrogens is 4. The normalized spacial score (nSPS) is 14.4. The Labute approximate surface area is 227 Å². The van der Waals surface area contributed by atoms with Gasteiger partial charge in [-0.3, -0.25) is 14.4 Å². The molecule has 0 aliphatic carbocycles. The lowest BCUT2D eigenvalue weighted by Crippen LogP contribution is -2.33. The van der Waals surface area contributed by atoms with Gasteiger partial charge in [-0.1, -0.05) is 6.07 Å². The fraction of sp³-hybridized carbons (Fsp3) is 0.154. The Morgan fingerprint density at radius 3 is 2.67 bits per heavy atom. The van der Waals surface area contributed by atoms with Gasteiger partial charge < -0.3 is 10.2 Å². The van der Waals surface area contributed by atoms with Gasteiger partial charge in [0.2, 0.25) is 5.95 Å². The predicted molar refractivity (Wildman–Crippen MR) is 144 cm³/mol. The van der Waals surface area contributed by atoms with E-state index in [0.717, 1.165) is 6.07 Å². The average molecular weight is 567 g/mol. The summed E-state index contributed by atoms with van der Waals surface area (Å²) in [7, 11) is -2.85. The molecule has 4 heterocycles. The molecule has 14 heteroatoms. The first kappa shape index (κ1) is 25.6. The number of nitrogens with one attached hydrogen (secondary N) is 2. The molecule has 0 unspecified atom stereocenters. The molecule has 2 N–H and O–H groups in total. The topological polar surface area (TPSA) is 117 Å². The van der Waals surface area contributed by atoms with Crippen molar-refractivity contribution in [2.75, 3.05) is 28.0 Å². The SMILES string of the molecule is Cc1ccc(NS(=O)(=O)c2cc(F)ccc2F)c(F)c1C1=Cc2cnc(Nc3cnn(C)c3)nc2N2CCN=C12. The zero-order valence-corrected chi connectivity index (χ0v) is 22.0. The highest BCUT2D eigenvalue weighted by molar-refractivity contribution is 7.92. The van der Waals surface area contributed by atoms with Gasteiger partial charge in [0.1, 0.15) is 28.2 Å². The van der Waals surface area contributed by atoms with E-state index in [0.29, 0.717) is 65.2 Å². The second-order valence-electron chi connectivity index (χ2n) is 9.21. The van der Waals surface area contributed by atoms with Gasteiger partial charge in [-0.25, -0.2) is 26.6 Å². The zero-order chi connectivity index (χ0) is 28.2. The highest BCUT2D eigenvalue weighted by Crippen LogP contribution is 2.39. The van der Waals surface area contributed by atoms with E-state index in [9.17, 15) is 17.2 Å². The minimum Gasteiger partial charge on any atom is -0.321 e. The Hall–Kier alpha value is -4.72. The second kappa shape index (κ2) is 9.48. The Morgan fingerprint density at radius 1 is 1.07 bits per heavy atom. The zero-order valence-electron chi connectivity index (χ0n) is 21.2. The van der Waals surface area contributed by atoms with E-state index in [1.54, 1.807) is 43.3 Å². The van der Waals surface area contributed by atoms with Gasteiger partial charge in [-0.2, -0.15) is 10.1 Å². The number of sulfonamides is 1. The number of hydrogen-bond acceptors (Lipinski definition) is 8. The molecule has 0 radical (unpaired) electrons. The van der Waals surface area contributed by atoms with E-state index in [-0.39, 0.29) is 5.56 Å². The Kier molecular flexibility index (Phi) is 6.06. The minimum atomic E-state index is -4.64. The number of benzene rings is 2. The molecule has 0 spiro atoms. The molecule has 40 heavy (non-hydrogen) atoms. The molecule has 0 saturated carbocycles. The van der Waals surface area contributed by atoms with E-state index in [4.69, 9.17) is 0 Å². The number of hydrogen-bond donors (Lipinski definition) is 2. The molecule has 4 aromatic rings. The van der Waals surface area contributed by atoms with Crippen LogP contribution in [0.15, 0.2) is 58.8 Å².